The molecular weight excluding hydrogens is 652 g/mol. The van der Waals surface area contributed by atoms with Gasteiger partial charge in [-0.2, -0.15) is 0 Å². The van der Waals surface area contributed by atoms with E-state index in [4.69, 9.17) is 10.5 Å². The molecule has 3 aromatic rings. The lowest BCUT2D eigenvalue weighted by molar-refractivity contribution is -0.142. The highest BCUT2D eigenvalue weighted by molar-refractivity contribution is 6.06. The number of hydrogen-bond acceptors (Lipinski definition) is 8. The minimum Gasteiger partial charge on any atom is -0.504 e. The Kier molecular flexibility index (Phi) is 12.7. The molecule has 276 valence electrons. The molecule has 8 heteroatoms. The molecule has 2 fully saturated rings. The van der Waals surface area contributed by atoms with Crippen LogP contribution in [0.3, 0.4) is 0 Å². The molecule has 52 heavy (non-hydrogen) atoms. The maximum atomic E-state index is 14.4. The van der Waals surface area contributed by atoms with Crippen molar-refractivity contribution in [1.29, 1.82) is 0 Å². The zero-order chi connectivity index (χ0) is 36.6. The molecule has 6 rings (SSSR count). The number of nitrogens with zero attached hydrogens (tertiary/aromatic N) is 1. The van der Waals surface area contributed by atoms with Crippen molar-refractivity contribution >= 4 is 17.4 Å². The number of phenolic OH excluding ortho intramolecular Hbond substituents is 1. The molecule has 3 aliphatic rings. The summed E-state index contributed by atoms with van der Waals surface area (Å²) in [7, 11) is 1.48. The van der Waals surface area contributed by atoms with E-state index in [1.54, 1.807) is 18.3 Å². The molecule has 0 spiro atoms. The topological polar surface area (TPSA) is 143 Å². The summed E-state index contributed by atoms with van der Waals surface area (Å²) in [6.45, 7) is 0.0326. The van der Waals surface area contributed by atoms with Crippen LogP contribution in [0.15, 0.2) is 60.8 Å². The number of anilines is 1. The second kappa shape index (κ2) is 17.6. The van der Waals surface area contributed by atoms with Gasteiger partial charge in [0.2, 0.25) is 0 Å². The van der Waals surface area contributed by atoms with Crippen molar-refractivity contribution in [2.75, 3.05) is 19.5 Å². The number of aliphatic hydroxyl groups is 2. The number of rotatable bonds is 9. The minimum absolute atomic E-state index is 0.00238. The molecule has 5 N–H and O–H groups in total. The average molecular weight is 707 g/mol. The second-order valence-electron chi connectivity index (χ2n) is 15.5. The number of Topliss-reactive ketones (excluding diaryl/α,β-unsaturated/α-hetero) is 2. The molecule has 3 aliphatic carbocycles. The van der Waals surface area contributed by atoms with Crippen molar-refractivity contribution in [3.05, 3.63) is 83.0 Å². The van der Waals surface area contributed by atoms with Crippen LogP contribution in [0.25, 0.3) is 0 Å². The smallest absolute Gasteiger partial charge is 0.173 e. The Bertz CT molecular complexity index is 1740. The van der Waals surface area contributed by atoms with Crippen LogP contribution in [0, 0.1) is 47.3 Å². The van der Waals surface area contributed by atoms with Gasteiger partial charge >= 0.3 is 0 Å². The van der Waals surface area contributed by atoms with E-state index in [-0.39, 0.29) is 48.7 Å². The zero-order valence-electron chi connectivity index (χ0n) is 30.4. The normalized spacial score (nSPS) is 26.4. The Hall–Kier alpha value is -4.19. The molecule has 1 aromatic heterocycles. The number of carbonyl (C=O) groups excluding carboxylic acids is 2. The number of nitrogens with two attached hydrogens (primary N) is 1. The van der Waals surface area contributed by atoms with Gasteiger partial charge in [-0.3, -0.25) is 9.59 Å². The van der Waals surface area contributed by atoms with Gasteiger partial charge in [0.25, 0.3) is 0 Å². The number of phenols is 1. The van der Waals surface area contributed by atoms with E-state index in [1.165, 1.54) is 39.2 Å². The summed E-state index contributed by atoms with van der Waals surface area (Å²) < 4.78 is 5.43. The number of pyridine rings is 1. The van der Waals surface area contributed by atoms with Crippen LogP contribution in [-0.2, 0) is 22.4 Å². The Balaban J connectivity index is 1.43. The molecular formula is C44H54N2O6. The predicted molar refractivity (Wildman–Crippen MR) is 202 cm³/mol. The van der Waals surface area contributed by atoms with E-state index in [1.807, 2.05) is 42.5 Å². The van der Waals surface area contributed by atoms with E-state index in [0.717, 1.165) is 41.5 Å². The number of carbonyl (C=O) groups is 2. The summed E-state index contributed by atoms with van der Waals surface area (Å²) in [5.41, 5.74) is 9.62. The van der Waals surface area contributed by atoms with Crippen molar-refractivity contribution in [2.45, 2.75) is 95.5 Å². The molecule has 7 atom stereocenters. The third-order valence-electron chi connectivity index (χ3n) is 12.1. The maximum Gasteiger partial charge on any atom is 0.173 e. The third kappa shape index (κ3) is 9.05. The first-order chi connectivity index (χ1) is 25.2. The van der Waals surface area contributed by atoms with Gasteiger partial charge in [0.05, 0.1) is 13.0 Å². The number of benzene rings is 2. The van der Waals surface area contributed by atoms with E-state index in [0.29, 0.717) is 31.0 Å². The van der Waals surface area contributed by atoms with Crippen LogP contribution in [0.2, 0.25) is 0 Å². The molecule has 8 nitrogen and oxygen atoms in total. The number of aliphatic hydroxyl groups excluding tert-OH is 2. The molecule has 0 aliphatic heterocycles. The first kappa shape index (κ1) is 37.6. The summed E-state index contributed by atoms with van der Waals surface area (Å²) in [4.78, 5) is 32.2. The third-order valence-corrected chi connectivity index (χ3v) is 12.1. The number of methoxy groups -OCH3 is 1. The summed E-state index contributed by atoms with van der Waals surface area (Å²) in [6, 6.07) is 17.1. The van der Waals surface area contributed by atoms with Gasteiger partial charge in [0.1, 0.15) is 5.82 Å². The van der Waals surface area contributed by atoms with Crippen molar-refractivity contribution in [1.82, 2.24) is 4.98 Å². The van der Waals surface area contributed by atoms with Crippen molar-refractivity contribution in [2.24, 2.45) is 35.5 Å². The van der Waals surface area contributed by atoms with E-state index >= 15 is 0 Å². The van der Waals surface area contributed by atoms with Crippen molar-refractivity contribution < 1.29 is 29.6 Å². The molecule has 0 amide bonds. The first-order valence-corrected chi connectivity index (χ1v) is 19.3. The number of aromatic hydroxyl groups is 1. The van der Waals surface area contributed by atoms with Crippen LogP contribution >= 0.6 is 0 Å². The van der Waals surface area contributed by atoms with Gasteiger partial charge in [-0.15, -0.1) is 0 Å². The summed E-state index contributed by atoms with van der Waals surface area (Å²) >= 11 is 0. The van der Waals surface area contributed by atoms with Crippen LogP contribution in [0.5, 0.6) is 11.5 Å². The lowest BCUT2D eigenvalue weighted by atomic mass is 9.74. The molecule has 2 aromatic carbocycles. The molecule has 0 bridgehead atoms. The lowest BCUT2D eigenvalue weighted by Gasteiger charge is -2.31. The van der Waals surface area contributed by atoms with Gasteiger partial charge in [0.15, 0.2) is 29.2 Å². The van der Waals surface area contributed by atoms with Crippen LogP contribution < -0.4 is 10.5 Å². The molecule has 0 radical (unpaired) electrons. The first-order valence-electron chi connectivity index (χ1n) is 19.3. The van der Waals surface area contributed by atoms with Crippen LogP contribution in [0.4, 0.5) is 5.82 Å². The average Bonchev–Trinajstić information content (AvgIpc) is 3.33. The van der Waals surface area contributed by atoms with E-state index in [2.05, 4.69) is 16.8 Å². The van der Waals surface area contributed by atoms with Gasteiger partial charge in [-0.25, -0.2) is 4.98 Å². The molecule has 2 saturated carbocycles. The number of aromatic nitrogens is 1. The van der Waals surface area contributed by atoms with Gasteiger partial charge in [-0.1, -0.05) is 80.7 Å². The fourth-order valence-corrected chi connectivity index (χ4v) is 9.22. The Morgan fingerprint density at radius 3 is 2.48 bits per heavy atom. The quantitative estimate of drug-likeness (QED) is 0.140. The number of fused-ring (bicyclic) bond motifs is 2. The van der Waals surface area contributed by atoms with Crippen LogP contribution in [0.1, 0.15) is 98.8 Å². The maximum absolute atomic E-state index is 14.4. The number of hydrogen-bond donors (Lipinski definition) is 4. The standard InChI is InChI=1S/C44H54N2O6/c1-52-41-25-33-15-17-39(48)44(51)43(50)38-24-35(34(27-47)13-12-28-8-4-2-5-9-28)22-30(20-29-18-19-46-42(45)23-29)21-32(38)14-16-36(37(33)26-40(41)49)31-10-6-3-7-11-31/h3,6-7,10-11,18-19,23,25-26,28,30,32,34-36,38,44,47,49,51H,2,4-5,8-9,12-13,15,17,20-22,24,27H2,1H3,(H2,45,46). The number of aryl methyl sites for hydroxylation is 1. The summed E-state index contributed by atoms with van der Waals surface area (Å²) in [5, 5.41) is 33.2. The highest BCUT2D eigenvalue weighted by Gasteiger charge is 2.42. The van der Waals surface area contributed by atoms with E-state index in [9.17, 15) is 24.9 Å². The molecule has 1 heterocycles. The minimum atomic E-state index is -1.76. The van der Waals surface area contributed by atoms with Gasteiger partial charge < -0.3 is 25.8 Å². The largest absolute Gasteiger partial charge is 0.504 e. The van der Waals surface area contributed by atoms with Crippen LogP contribution in [-0.4, -0.2) is 51.7 Å². The van der Waals surface area contributed by atoms with Gasteiger partial charge in [0, 0.05) is 31.1 Å². The number of ether oxygens (including phenoxy) is 1. The monoisotopic (exact) mass is 706 g/mol. The van der Waals surface area contributed by atoms with Gasteiger partial charge in [-0.05, 0) is 109 Å². The lowest BCUT2D eigenvalue weighted by Crippen LogP contribution is -2.39. The van der Waals surface area contributed by atoms with E-state index < -0.39 is 35.4 Å². The summed E-state index contributed by atoms with van der Waals surface area (Å²) in [5.74, 6) is 6.11. The highest BCUT2D eigenvalue weighted by atomic mass is 16.5. The highest BCUT2D eigenvalue weighted by Crippen LogP contribution is 2.44. The van der Waals surface area contributed by atoms with Crippen molar-refractivity contribution in [3.63, 3.8) is 0 Å². The number of nitrogen functional groups attached to an aromatic ring is 1. The predicted octanol–water partition coefficient (Wildman–Crippen LogP) is 6.82. The second-order valence-corrected chi connectivity index (χ2v) is 15.5. The fourth-order valence-electron chi connectivity index (χ4n) is 9.22. The Morgan fingerprint density at radius 2 is 1.75 bits per heavy atom. The van der Waals surface area contributed by atoms with Crippen molar-refractivity contribution in [3.8, 4) is 23.3 Å². The molecule has 0 saturated heterocycles. The SMILES string of the molecule is COc1cc2c(cc1O)C(c1ccccc1)C#CC1CC(Cc3ccnc(N)c3)CC(C(CO)CCC3CCCCC3)CC1C(=O)C(O)C(=O)CC2. The molecule has 7 unspecified atom stereocenters. The Morgan fingerprint density at radius 1 is 0.962 bits per heavy atom. The zero-order valence-corrected chi connectivity index (χ0v) is 30.4. The summed E-state index contributed by atoms with van der Waals surface area (Å²) in [6.07, 6.45) is 11.0. The Labute approximate surface area is 308 Å². The number of ketones is 2. The fraction of sp³-hybridized carbons (Fsp3) is 0.523.